The van der Waals surface area contributed by atoms with Crippen molar-refractivity contribution < 1.29 is 4.39 Å². The Hall–Kier alpha value is -1.48. The summed E-state index contributed by atoms with van der Waals surface area (Å²) in [6.07, 6.45) is 1.41. The second-order valence-electron chi connectivity index (χ2n) is 4.49. The van der Waals surface area contributed by atoms with Crippen molar-refractivity contribution in [3.63, 3.8) is 0 Å². The minimum atomic E-state index is -0.239. The van der Waals surface area contributed by atoms with E-state index in [-0.39, 0.29) is 11.7 Å². The third-order valence-electron chi connectivity index (χ3n) is 2.94. The van der Waals surface area contributed by atoms with Gasteiger partial charge < -0.3 is 0 Å². The quantitative estimate of drug-likeness (QED) is 0.753. The fourth-order valence-electron chi connectivity index (χ4n) is 1.96. The average Bonchev–Trinajstić information content (AvgIpc) is 2.32. The Balaban J connectivity index is 2.72. The highest BCUT2D eigenvalue weighted by Crippen LogP contribution is 2.33. The second kappa shape index (κ2) is 5.02. The molecule has 0 spiro atoms. The van der Waals surface area contributed by atoms with Crippen LogP contribution in [0.15, 0.2) is 24.5 Å². The van der Waals surface area contributed by atoms with Gasteiger partial charge in [-0.1, -0.05) is 37.6 Å². The van der Waals surface area contributed by atoms with E-state index in [1.54, 1.807) is 13.0 Å². The van der Waals surface area contributed by atoms with Crippen LogP contribution in [0.1, 0.15) is 30.9 Å². The van der Waals surface area contributed by atoms with Crippen LogP contribution in [0.2, 0.25) is 5.15 Å². The van der Waals surface area contributed by atoms with E-state index in [1.165, 1.54) is 12.4 Å². The highest BCUT2D eigenvalue weighted by molar-refractivity contribution is 6.30. The molecule has 0 aliphatic heterocycles. The summed E-state index contributed by atoms with van der Waals surface area (Å²) in [4.78, 5) is 8.27. The molecule has 2 nitrogen and oxygen atoms in total. The van der Waals surface area contributed by atoms with Gasteiger partial charge in [-0.05, 0) is 24.5 Å². The highest BCUT2D eigenvalue weighted by atomic mass is 35.5. The van der Waals surface area contributed by atoms with E-state index in [2.05, 4.69) is 9.97 Å². The van der Waals surface area contributed by atoms with Gasteiger partial charge in [0.05, 0.1) is 5.69 Å². The molecular formula is C14H14ClFN2. The summed E-state index contributed by atoms with van der Waals surface area (Å²) >= 11 is 6.12. The number of hydrogen-bond acceptors (Lipinski definition) is 2. The predicted octanol–water partition coefficient (Wildman–Crippen LogP) is 4.37. The van der Waals surface area contributed by atoms with Crippen LogP contribution in [0.4, 0.5) is 4.39 Å². The molecule has 0 fully saturated rings. The maximum atomic E-state index is 13.6. The number of nitrogens with zero attached hydrogens (tertiary/aromatic N) is 2. The van der Waals surface area contributed by atoms with Crippen LogP contribution in [0.25, 0.3) is 11.3 Å². The molecule has 4 heteroatoms. The Kier molecular flexibility index (Phi) is 3.62. The molecule has 1 aromatic heterocycles. The van der Waals surface area contributed by atoms with Crippen molar-refractivity contribution in [1.29, 1.82) is 0 Å². The van der Waals surface area contributed by atoms with Crippen molar-refractivity contribution in [3.8, 4) is 11.3 Å². The first-order valence-corrected chi connectivity index (χ1v) is 6.16. The minimum absolute atomic E-state index is 0.177. The lowest BCUT2D eigenvalue weighted by molar-refractivity contribution is 0.619. The molecule has 1 aromatic carbocycles. The van der Waals surface area contributed by atoms with Crippen LogP contribution >= 0.6 is 11.6 Å². The van der Waals surface area contributed by atoms with Gasteiger partial charge in [0.1, 0.15) is 17.3 Å². The van der Waals surface area contributed by atoms with Crippen molar-refractivity contribution in [2.24, 2.45) is 0 Å². The van der Waals surface area contributed by atoms with E-state index in [1.807, 2.05) is 19.9 Å². The molecule has 0 atom stereocenters. The van der Waals surface area contributed by atoms with Gasteiger partial charge in [-0.25, -0.2) is 14.4 Å². The molecule has 0 amide bonds. The Morgan fingerprint density at radius 1 is 1.22 bits per heavy atom. The molecule has 0 N–H and O–H groups in total. The molecule has 0 unspecified atom stereocenters. The van der Waals surface area contributed by atoms with Crippen molar-refractivity contribution in [2.75, 3.05) is 0 Å². The molecule has 2 aromatic rings. The van der Waals surface area contributed by atoms with Crippen LogP contribution in [0.5, 0.6) is 0 Å². The molecular weight excluding hydrogens is 251 g/mol. The van der Waals surface area contributed by atoms with Crippen LogP contribution in [0.3, 0.4) is 0 Å². The maximum Gasteiger partial charge on any atom is 0.136 e. The molecule has 1 heterocycles. The van der Waals surface area contributed by atoms with E-state index in [4.69, 9.17) is 11.6 Å². The molecule has 0 aliphatic rings. The number of rotatable bonds is 2. The first-order valence-electron chi connectivity index (χ1n) is 5.78. The first kappa shape index (κ1) is 13.0. The van der Waals surface area contributed by atoms with Gasteiger partial charge in [-0.2, -0.15) is 0 Å². The zero-order chi connectivity index (χ0) is 13.3. The van der Waals surface area contributed by atoms with Crippen LogP contribution < -0.4 is 0 Å². The number of hydrogen-bond donors (Lipinski definition) is 0. The van der Waals surface area contributed by atoms with E-state index < -0.39 is 0 Å². The molecule has 0 bridgehead atoms. The summed E-state index contributed by atoms with van der Waals surface area (Å²) in [6.45, 7) is 5.77. The van der Waals surface area contributed by atoms with Crippen LogP contribution in [-0.2, 0) is 0 Å². The Labute approximate surface area is 111 Å². The zero-order valence-electron chi connectivity index (χ0n) is 10.5. The van der Waals surface area contributed by atoms with Gasteiger partial charge in [0, 0.05) is 11.1 Å². The normalized spacial score (nSPS) is 11.0. The Bertz CT molecular complexity index is 582. The summed E-state index contributed by atoms with van der Waals surface area (Å²) in [5.74, 6) is -0.0618. The van der Waals surface area contributed by atoms with Gasteiger partial charge >= 0.3 is 0 Å². The zero-order valence-corrected chi connectivity index (χ0v) is 11.3. The van der Waals surface area contributed by atoms with E-state index >= 15 is 0 Å². The van der Waals surface area contributed by atoms with E-state index in [0.717, 1.165) is 11.1 Å². The van der Waals surface area contributed by atoms with Crippen LogP contribution in [-0.4, -0.2) is 9.97 Å². The Morgan fingerprint density at radius 3 is 2.61 bits per heavy atom. The predicted molar refractivity (Wildman–Crippen MR) is 71.3 cm³/mol. The van der Waals surface area contributed by atoms with Gasteiger partial charge in [-0.15, -0.1) is 0 Å². The molecule has 2 rings (SSSR count). The summed E-state index contributed by atoms with van der Waals surface area (Å²) in [6, 6.07) is 4.97. The largest absolute Gasteiger partial charge is 0.236 e. The first-order chi connectivity index (χ1) is 8.52. The minimum Gasteiger partial charge on any atom is -0.236 e. The van der Waals surface area contributed by atoms with Gasteiger partial charge in [0.2, 0.25) is 0 Å². The highest BCUT2D eigenvalue weighted by Gasteiger charge is 2.17. The summed E-state index contributed by atoms with van der Waals surface area (Å²) in [5.41, 5.74) is 2.91. The number of benzene rings is 1. The molecule has 0 saturated carbocycles. The molecule has 0 radical (unpaired) electrons. The smallest absolute Gasteiger partial charge is 0.136 e. The lowest BCUT2D eigenvalue weighted by Gasteiger charge is -2.14. The average molecular weight is 265 g/mol. The lowest BCUT2D eigenvalue weighted by Crippen LogP contribution is -2.00. The van der Waals surface area contributed by atoms with E-state index in [0.29, 0.717) is 16.4 Å². The summed E-state index contributed by atoms with van der Waals surface area (Å²) in [7, 11) is 0. The monoisotopic (exact) mass is 264 g/mol. The molecule has 18 heavy (non-hydrogen) atoms. The van der Waals surface area contributed by atoms with Gasteiger partial charge in [-0.3, -0.25) is 0 Å². The topological polar surface area (TPSA) is 25.8 Å². The third kappa shape index (κ3) is 2.23. The van der Waals surface area contributed by atoms with Gasteiger partial charge in [0.25, 0.3) is 0 Å². The maximum absolute atomic E-state index is 13.6. The van der Waals surface area contributed by atoms with E-state index in [9.17, 15) is 4.39 Å². The second-order valence-corrected chi connectivity index (χ2v) is 4.85. The number of aromatic nitrogens is 2. The molecule has 0 saturated heterocycles. The van der Waals surface area contributed by atoms with Crippen molar-refractivity contribution >= 4 is 11.6 Å². The van der Waals surface area contributed by atoms with Crippen molar-refractivity contribution in [1.82, 2.24) is 9.97 Å². The van der Waals surface area contributed by atoms with Crippen molar-refractivity contribution in [2.45, 2.75) is 26.7 Å². The standard InChI is InChI=1S/C14H14ClFN2/c1-8(2)12-13(17-7-18-14(12)15)10-5-4-6-11(16)9(10)3/h4-8H,1-3H3. The fourth-order valence-corrected chi connectivity index (χ4v) is 2.32. The SMILES string of the molecule is Cc1c(F)cccc1-c1ncnc(Cl)c1C(C)C. The van der Waals surface area contributed by atoms with Crippen LogP contribution in [0, 0.1) is 12.7 Å². The third-order valence-corrected chi connectivity index (χ3v) is 3.24. The Morgan fingerprint density at radius 2 is 1.94 bits per heavy atom. The fraction of sp³-hybridized carbons (Fsp3) is 0.286. The summed E-state index contributed by atoms with van der Waals surface area (Å²) in [5, 5.41) is 0.429. The summed E-state index contributed by atoms with van der Waals surface area (Å²) < 4.78 is 13.6. The molecule has 0 aliphatic carbocycles. The lowest BCUT2D eigenvalue weighted by atomic mass is 9.96. The molecule has 94 valence electrons. The number of halogens is 2. The van der Waals surface area contributed by atoms with Crippen molar-refractivity contribution in [3.05, 3.63) is 46.6 Å². The van der Waals surface area contributed by atoms with Gasteiger partial charge in [0.15, 0.2) is 0 Å².